The van der Waals surface area contributed by atoms with Crippen LogP contribution in [0.25, 0.3) is 5.69 Å². The number of aryl methyl sites for hydroxylation is 1. The van der Waals surface area contributed by atoms with Crippen LogP contribution < -0.4 is 5.32 Å². The lowest BCUT2D eigenvalue weighted by molar-refractivity contribution is 0.957. The Labute approximate surface area is 99.8 Å². The highest BCUT2D eigenvalue weighted by atomic mass is 32.1. The minimum Gasteiger partial charge on any atom is -0.373 e. The Balaban J connectivity index is 2.48. The number of anilines is 1. The highest BCUT2D eigenvalue weighted by molar-refractivity contribution is 7.71. The van der Waals surface area contributed by atoms with Crippen LogP contribution in [0.15, 0.2) is 36.5 Å². The normalized spacial score (nSPS) is 10.1. The number of hydrogen-bond acceptors (Lipinski definition) is 3. The van der Waals surface area contributed by atoms with E-state index in [9.17, 15) is 0 Å². The zero-order valence-electron chi connectivity index (χ0n) is 9.27. The molecule has 2 rings (SSSR count). The fourth-order valence-electron chi connectivity index (χ4n) is 1.44. The second kappa shape index (κ2) is 4.45. The Bertz CT molecular complexity index is 543. The first-order valence-electron chi connectivity index (χ1n) is 5.05. The van der Waals surface area contributed by atoms with E-state index in [2.05, 4.69) is 29.4 Å². The van der Waals surface area contributed by atoms with Gasteiger partial charge in [-0.05, 0) is 37.3 Å². The van der Waals surface area contributed by atoms with Crippen molar-refractivity contribution >= 4 is 18.0 Å². The van der Waals surface area contributed by atoms with E-state index < -0.39 is 0 Å². The first-order valence-corrected chi connectivity index (χ1v) is 5.46. The lowest BCUT2D eigenvalue weighted by Crippen LogP contribution is -2.01. The molecule has 1 aromatic heterocycles. The summed E-state index contributed by atoms with van der Waals surface area (Å²) in [5.41, 5.74) is 2.26. The Morgan fingerprint density at radius 2 is 1.88 bits per heavy atom. The highest BCUT2D eigenvalue weighted by Gasteiger charge is 1.98. The Kier molecular flexibility index (Phi) is 3.01. The lowest BCUT2D eigenvalue weighted by Gasteiger charge is -2.07. The van der Waals surface area contributed by atoms with Crippen molar-refractivity contribution in [1.29, 1.82) is 0 Å². The van der Waals surface area contributed by atoms with Gasteiger partial charge in [0, 0.05) is 18.9 Å². The average molecular weight is 231 g/mol. The van der Waals surface area contributed by atoms with E-state index >= 15 is 0 Å². The smallest absolute Gasteiger partial charge is 0.206 e. The highest BCUT2D eigenvalue weighted by Crippen LogP contribution is 2.11. The predicted molar refractivity (Wildman–Crippen MR) is 68.7 cm³/mol. The van der Waals surface area contributed by atoms with Crippen molar-refractivity contribution in [2.45, 2.75) is 6.92 Å². The van der Waals surface area contributed by atoms with Crippen LogP contribution in [-0.2, 0) is 0 Å². The number of benzene rings is 1. The first kappa shape index (κ1) is 10.8. The van der Waals surface area contributed by atoms with Gasteiger partial charge >= 0.3 is 0 Å². The fraction of sp³-hybridized carbons (Fsp3) is 0.167. The van der Waals surface area contributed by atoms with Gasteiger partial charge in [0.2, 0.25) is 4.77 Å². The van der Waals surface area contributed by atoms with Crippen molar-refractivity contribution in [2.75, 3.05) is 12.4 Å². The van der Waals surface area contributed by atoms with E-state index in [1.807, 2.05) is 36.0 Å². The molecule has 0 saturated heterocycles. The van der Waals surface area contributed by atoms with Gasteiger partial charge in [-0.1, -0.05) is 17.7 Å². The van der Waals surface area contributed by atoms with Crippen LogP contribution in [0.1, 0.15) is 5.56 Å². The van der Waals surface area contributed by atoms with E-state index in [1.165, 1.54) is 5.56 Å². The van der Waals surface area contributed by atoms with Gasteiger partial charge in [-0.15, -0.1) is 0 Å². The van der Waals surface area contributed by atoms with Crippen molar-refractivity contribution in [3.05, 3.63) is 46.9 Å². The molecule has 16 heavy (non-hydrogen) atoms. The number of aromatic nitrogens is 2. The van der Waals surface area contributed by atoms with Crippen LogP contribution in [0.5, 0.6) is 0 Å². The van der Waals surface area contributed by atoms with Gasteiger partial charge in [0.05, 0.1) is 0 Å². The summed E-state index contributed by atoms with van der Waals surface area (Å²) in [5.74, 6) is 0.786. The molecule has 0 amide bonds. The van der Waals surface area contributed by atoms with Crippen molar-refractivity contribution in [3.8, 4) is 5.69 Å². The van der Waals surface area contributed by atoms with Crippen LogP contribution in [0, 0.1) is 11.7 Å². The summed E-state index contributed by atoms with van der Waals surface area (Å²) >= 11 is 5.23. The topological polar surface area (TPSA) is 29.9 Å². The second-order valence-electron chi connectivity index (χ2n) is 3.55. The van der Waals surface area contributed by atoms with Crippen molar-refractivity contribution in [2.24, 2.45) is 0 Å². The Hall–Kier alpha value is -1.68. The quantitative estimate of drug-likeness (QED) is 0.806. The molecule has 1 heterocycles. The summed E-state index contributed by atoms with van der Waals surface area (Å²) in [4.78, 5) is 4.26. The molecule has 1 N–H and O–H groups in total. The molecule has 3 nitrogen and oxygen atoms in total. The molecule has 0 radical (unpaired) electrons. The second-order valence-corrected chi connectivity index (χ2v) is 3.92. The molecule has 0 unspecified atom stereocenters. The zero-order valence-corrected chi connectivity index (χ0v) is 10.1. The van der Waals surface area contributed by atoms with Gasteiger partial charge in [-0.3, -0.25) is 4.57 Å². The third kappa shape index (κ3) is 2.12. The van der Waals surface area contributed by atoms with Gasteiger partial charge in [0.25, 0.3) is 0 Å². The summed E-state index contributed by atoms with van der Waals surface area (Å²) in [5, 5.41) is 2.96. The predicted octanol–water partition coefficient (Wildman–Crippen LogP) is 2.95. The van der Waals surface area contributed by atoms with Crippen LogP contribution in [-0.4, -0.2) is 16.6 Å². The van der Waals surface area contributed by atoms with Gasteiger partial charge in [0.1, 0.15) is 5.82 Å². The summed E-state index contributed by atoms with van der Waals surface area (Å²) in [7, 11) is 1.83. The molecule has 0 saturated carbocycles. The number of nitrogens with one attached hydrogen (secondary N) is 1. The number of rotatable bonds is 2. The summed E-state index contributed by atoms with van der Waals surface area (Å²) < 4.78 is 2.44. The van der Waals surface area contributed by atoms with Gasteiger partial charge in [0.15, 0.2) is 0 Å². The summed E-state index contributed by atoms with van der Waals surface area (Å²) in [6.07, 6.45) is 1.92. The molecule has 4 heteroatoms. The number of hydrogen-bond donors (Lipinski definition) is 1. The minimum atomic E-state index is 0.552. The molecule has 0 aliphatic rings. The van der Waals surface area contributed by atoms with Gasteiger partial charge < -0.3 is 5.32 Å². The SMILES string of the molecule is CNc1ccn(-c2ccc(C)cc2)c(=S)n1. The third-order valence-corrected chi connectivity index (χ3v) is 2.66. The van der Waals surface area contributed by atoms with E-state index in [4.69, 9.17) is 12.2 Å². The average Bonchev–Trinajstić information content (AvgIpc) is 2.30. The molecular formula is C12H13N3S. The molecular weight excluding hydrogens is 218 g/mol. The van der Waals surface area contributed by atoms with Gasteiger partial charge in [-0.25, -0.2) is 4.98 Å². The van der Waals surface area contributed by atoms with Crippen LogP contribution in [0.3, 0.4) is 0 Å². The third-order valence-electron chi connectivity index (χ3n) is 2.37. The van der Waals surface area contributed by atoms with E-state index in [0.29, 0.717) is 4.77 Å². The lowest BCUT2D eigenvalue weighted by atomic mass is 10.2. The van der Waals surface area contributed by atoms with Crippen molar-refractivity contribution in [3.63, 3.8) is 0 Å². The van der Waals surface area contributed by atoms with Gasteiger partial charge in [-0.2, -0.15) is 0 Å². The number of nitrogens with zero attached hydrogens (tertiary/aromatic N) is 2. The zero-order chi connectivity index (χ0) is 11.5. The molecule has 1 aromatic carbocycles. The Morgan fingerprint density at radius 3 is 2.44 bits per heavy atom. The monoisotopic (exact) mass is 231 g/mol. The van der Waals surface area contributed by atoms with E-state index in [1.54, 1.807) is 0 Å². The molecule has 2 aromatic rings. The van der Waals surface area contributed by atoms with Crippen molar-refractivity contribution in [1.82, 2.24) is 9.55 Å². The summed E-state index contributed by atoms with van der Waals surface area (Å²) in [6.45, 7) is 2.06. The maximum atomic E-state index is 5.23. The fourth-order valence-corrected chi connectivity index (χ4v) is 1.71. The van der Waals surface area contributed by atoms with Crippen LogP contribution >= 0.6 is 12.2 Å². The van der Waals surface area contributed by atoms with E-state index in [0.717, 1.165) is 11.5 Å². The minimum absolute atomic E-state index is 0.552. The molecule has 0 atom stereocenters. The molecule has 0 aliphatic carbocycles. The molecule has 0 bridgehead atoms. The van der Waals surface area contributed by atoms with Crippen molar-refractivity contribution < 1.29 is 0 Å². The summed E-state index contributed by atoms with van der Waals surface area (Å²) in [6, 6.07) is 10.1. The first-order chi connectivity index (χ1) is 7.70. The van der Waals surface area contributed by atoms with E-state index in [-0.39, 0.29) is 0 Å². The largest absolute Gasteiger partial charge is 0.373 e. The molecule has 0 fully saturated rings. The van der Waals surface area contributed by atoms with Crippen LogP contribution in [0.2, 0.25) is 0 Å². The maximum absolute atomic E-state index is 5.23. The maximum Gasteiger partial charge on any atom is 0.206 e. The molecule has 0 aliphatic heterocycles. The molecule has 0 spiro atoms. The standard InChI is InChI=1S/C12H13N3S/c1-9-3-5-10(6-4-9)15-8-7-11(13-2)14-12(15)16/h3-8H,1-2H3,(H,13,14,16). The van der Waals surface area contributed by atoms with Crippen LogP contribution in [0.4, 0.5) is 5.82 Å². The molecule has 82 valence electrons. The Morgan fingerprint density at radius 1 is 1.19 bits per heavy atom.